The van der Waals surface area contributed by atoms with Crippen molar-refractivity contribution >= 4 is 44.8 Å². The second-order valence-electron chi connectivity index (χ2n) is 4.32. The number of aromatic nitrogens is 4. The number of halogens is 2. The Morgan fingerprint density at radius 1 is 1.38 bits per heavy atom. The summed E-state index contributed by atoms with van der Waals surface area (Å²) in [7, 11) is 1.62. The Hall–Kier alpha value is -1.86. The molecule has 0 radical (unpaired) electrons. The van der Waals surface area contributed by atoms with Crippen molar-refractivity contribution in [1.29, 1.82) is 0 Å². The number of benzene rings is 1. The van der Waals surface area contributed by atoms with Gasteiger partial charge in [-0.05, 0) is 35.0 Å². The zero-order chi connectivity index (χ0) is 15.0. The summed E-state index contributed by atoms with van der Waals surface area (Å²) in [5, 5.41) is 7.84. The summed E-state index contributed by atoms with van der Waals surface area (Å²) in [4.78, 5) is 8.23. The smallest absolute Gasteiger partial charge is 0.255 e. The van der Waals surface area contributed by atoms with Gasteiger partial charge in [-0.15, -0.1) is 0 Å². The molecular weight excluding hydrogens is 358 g/mol. The van der Waals surface area contributed by atoms with Gasteiger partial charge in [-0.3, -0.25) is 0 Å². The molecule has 0 bridgehead atoms. The first-order chi connectivity index (χ1) is 10.1. The minimum Gasteiger partial charge on any atom is -0.497 e. The van der Waals surface area contributed by atoms with Crippen molar-refractivity contribution in [2.75, 3.05) is 12.4 Å². The maximum atomic E-state index is 6.15. The molecule has 0 amide bonds. The molecule has 0 atom stereocenters. The topological polar surface area (TPSA) is 64.3 Å². The van der Waals surface area contributed by atoms with Gasteiger partial charge >= 0.3 is 0 Å². The molecule has 0 spiro atoms. The van der Waals surface area contributed by atoms with E-state index in [4.69, 9.17) is 16.3 Å². The van der Waals surface area contributed by atoms with Crippen LogP contribution in [0.25, 0.3) is 5.78 Å². The largest absolute Gasteiger partial charge is 0.497 e. The van der Waals surface area contributed by atoms with Crippen molar-refractivity contribution < 1.29 is 4.74 Å². The number of anilines is 2. The van der Waals surface area contributed by atoms with E-state index < -0.39 is 0 Å². The number of nitrogens with one attached hydrogen (secondary N) is 1. The van der Waals surface area contributed by atoms with Crippen molar-refractivity contribution in [1.82, 2.24) is 19.6 Å². The molecule has 6 nitrogen and oxygen atoms in total. The molecule has 0 unspecified atom stereocenters. The molecule has 1 N–H and O–H groups in total. The van der Waals surface area contributed by atoms with Crippen LogP contribution < -0.4 is 10.1 Å². The summed E-state index contributed by atoms with van der Waals surface area (Å²) >= 11 is 9.65. The van der Waals surface area contributed by atoms with Gasteiger partial charge in [-0.1, -0.05) is 11.6 Å². The van der Waals surface area contributed by atoms with E-state index in [1.165, 1.54) is 6.33 Å². The molecule has 108 valence electrons. The van der Waals surface area contributed by atoms with Crippen molar-refractivity contribution in [3.63, 3.8) is 0 Å². The molecule has 0 fully saturated rings. The maximum absolute atomic E-state index is 6.15. The molecule has 0 saturated heterocycles. The highest BCUT2D eigenvalue weighted by Gasteiger charge is 2.13. The monoisotopic (exact) mass is 367 g/mol. The number of nitrogens with zero attached hydrogens (tertiary/aromatic N) is 4. The van der Waals surface area contributed by atoms with E-state index in [1.807, 2.05) is 25.1 Å². The lowest BCUT2D eigenvalue weighted by Crippen LogP contribution is -2.05. The van der Waals surface area contributed by atoms with Gasteiger partial charge in [0.25, 0.3) is 5.78 Å². The van der Waals surface area contributed by atoms with E-state index in [9.17, 15) is 0 Å². The number of hydrogen-bond donors (Lipinski definition) is 1. The third kappa shape index (κ3) is 2.54. The zero-order valence-corrected chi connectivity index (χ0v) is 13.6. The average Bonchev–Trinajstić information content (AvgIpc) is 2.93. The highest BCUT2D eigenvalue weighted by molar-refractivity contribution is 9.10. The average molecular weight is 369 g/mol. The quantitative estimate of drug-likeness (QED) is 0.716. The fourth-order valence-electron chi connectivity index (χ4n) is 1.90. The van der Waals surface area contributed by atoms with Crippen molar-refractivity contribution in [2.24, 2.45) is 0 Å². The molecule has 2 aromatic heterocycles. The minimum atomic E-state index is 0.386. The second kappa shape index (κ2) is 5.50. The molecule has 2 heterocycles. The van der Waals surface area contributed by atoms with E-state index >= 15 is 0 Å². The Morgan fingerprint density at radius 2 is 2.19 bits per heavy atom. The van der Waals surface area contributed by atoms with Crippen LogP contribution >= 0.6 is 27.5 Å². The molecule has 3 aromatic rings. The van der Waals surface area contributed by atoms with Gasteiger partial charge in [0.05, 0.1) is 12.8 Å². The molecule has 0 aliphatic carbocycles. The van der Waals surface area contributed by atoms with E-state index in [0.29, 0.717) is 16.7 Å². The molecule has 1 aromatic carbocycles. The molecular formula is C13H11BrClN5O. The van der Waals surface area contributed by atoms with Crippen LogP contribution in [0.5, 0.6) is 5.75 Å². The summed E-state index contributed by atoms with van der Waals surface area (Å²) in [6.45, 7) is 1.87. The molecule has 0 saturated carbocycles. The standard InChI is InChI=1S/C13H11BrClN5O/c1-7-11(15)19-13-16-6-17-20(13)12(7)18-10-5-8(21-2)3-4-9(10)14/h3-6,18H,1-2H3. The number of methoxy groups -OCH3 is 1. The zero-order valence-electron chi connectivity index (χ0n) is 11.3. The van der Waals surface area contributed by atoms with Gasteiger partial charge in [-0.2, -0.15) is 19.6 Å². The Balaban J connectivity index is 2.13. The van der Waals surface area contributed by atoms with Gasteiger partial charge in [0.1, 0.15) is 23.0 Å². The summed E-state index contributed by atoms with van der Waals surface area (Å²) in [5.41, 5.74) is 1.61. The van der Waals surface area contributed by atoms with E-state index in [1.54, 1.807) is 11.6 Å². The number of ether oxygens (including phenoxy) is 1. The fourth-order valence-corrected chi connectivity index (χ4v) is 2.41. The van der Waals surface area contributed by atoms with Gasteiger partial charge in [-0.25, -0.2) is 0 Å². The van der Waals surface area contributed by atoms with E-state index in [-0.39, 0.29) is 0 Å². The Labute approximate surface area is 134 Å². The third-order valence-electron chi connectivity index (χ3n) is 3.03. The highest BCUT2D eigenvalue weighted by Crippen LogP contribution is 2.32. The van der Waals surface area contributed by atoms with Crippen molar-refractivity contribution in [3.8, 4) is 5.75 Å². The third-order valence-corrected chi connectivity index (χ3v) is 4.09. The summed E-state index contributed by atoms with van der Waals surface area (Å²) in [6, 6.07) is 5.64. The van der Waals surface area contributed by atoms with Gasteiger partial charge in [0.2, 0.25) is 0 Å². The first-order valence-electron chi connectivity index (χ1n) is 6.06. The highest BCUT2D eigenvalue weighted by atomic mass is 79.9. The lowest BCUT2D eigenvalue weighted by atomic mass is 10.2. The molecule has 0 aliphatic rings. The van der Waals surface area contributed by atoms with Crippen LogP contribution in [0.15, 0.2) is 29.0 Å². The minimum absolute atomic E-state index is 0.386. The summed E-state index contributed by atoms with van der Waals surface area (Å²) in [5.74, 6) is 1.89. The first-order valence-corrected chi connectivity index (χ1v) is 7.23. The lowest BCUT2D eigenvalue weighted by molar-refractivity contribution is 0.415. The Morgan fingerprint density at radius 3 is 2.95 bits per heavy atom. The van der Waals surface area contributed by atoms with Crippen LogP contribution in [-0.4, -0.2) is 26.7 Å². The van der Waals surface area contributed by atoms with Crippen LogP contribution in [-0.2, 0) is 0 Å². The predicted molar refractivity (Wildman–Crippen MR) is 84.5 cm³/mol. The Kier molecular flexibility index (Phi) is 3.69. The van der Waals surface area contributed by atoms with Crippen LogP contribution in [0.2, 0.25) is 5.15 Å². The first kappa shape index (κ1) is 14.1. The summed E-state index contributed by atoms with van der Waals surface area (Å²) in [6.07, 6.45) is 1.43. The van der Waals surface area contributed by atoms with Gasteiger partial charge in [0, 0.05) is 16.1 Å². The fraction of sp³-hybridized carbons (Fsp3) is 0.154. The molecule has 3 rings (SSSR count). The Bertz CT molecular complexity index is 820. The van der Waals surface area contributed by atoms with E-state index in [0.717, 1.165) is 21.5 Å². The second-order valence-corrected chi connectivity index (χ2v) is 5.53. The SMILES string of the molecule is COc1ccc(Br)c(Nc2c(C)c(Cl)nc3ncnn23)c1. The predicted octanol–water partition coefficient (Wildman–Crippen LogP) is 3.60. The molecule has 8 heteroatoms. The van der Waals surface area contributed by atoms with Crippen molar-refractivity contribution in [3.05, 3.63) is 39.7 Å². The maximum Gasteiger partial charge on any atom is 0.255 e. The lowest BCUT2D eigenvalue weighted by Gasteiger charge is -2.14. The number of rotatable bonds is 3. The normalized spacial score (nSPS) is 10.9. The van der Waals surface area contributed by atoms with Crippen LogP contribution in [0.4, 0.5) is 11.5 Å². The van der Waals surface area contributed by atoms with E-state index in [2.05, 4.69) is 36.3 Å². The van der Waals surface area contributed by atoms with Gasteiger partial charge < -0.3 is 10.1 Å². The van der Waals surface area contributed by atoms with Crippen LogP contribution in [0.1, 0.15) is 5.56 Å². The van der Waals surface area contributed by atoms with Crippen LogP contribution in [0.3, 0.4) is 0 Å². The van der Waals surface area contributed by atoms with Crippen molar-refractivity contribution in [2.45, 2.75) is 6.92 Å². The summed E-state index contributed by atoms with van der Waals surface area (Å²) < 4.78 is 7.74. The van der Waals surface area contributed by atoms with Crippen LogP contribution in [0, 0.1) is 6.92 Å². The molecule has 21 heavy (non-hydrogen) atoms. The number of hydrogen-bond acceptors (Lipinski definition) is 5. The number of fused-ring (bicyclic) bond motifs is 1. The molecule has 0 aliphatic heterocycles. The van der Waals surface area contributed by atoms with Gasteiger partial charge in [0.15, 0.2) is 0 Å².